The number of fused-ring (bicyclic) bond motifs is 4. The van der Waals surface area contributed by atoms with E-state index >= 15 is 0 Å². The molecule has 2 heterocycles. The van der Waals surface area contributed by atoms with E-state index < -0.39 is 16.1 Å². The van der Waals surface area contributed by atoms with Gasteiger partial charge in [0.2, 0.25) is 10.0 Å². The van der Waals surface area contributed by atoms with Crippen LogP contribution >= 0.6 is 0 Å². The van der Waals surface area contributed by atoms with E-state index in [9.17, 15) is 13.2 Å². The molecule has 5 rings (SSSR count). The molecule has 0 fully saturated rings. The molecule has 1 aliphatic heterocycles. The zero-order valence-electron chi connectivity index (χ0n) is 19.3. The predicted octanol–water partition coefficient (Wildman–Crippen LogP) is 4.09. The molecule has 8 heteroatoms. The molecular formula is C25H28N2O5S. The molecule has 1 atom stereocenters. The highest BCUT2D eigenvalue weighted by Crippen LogP contribution is 2.39. The molecule has 1 aliphatic carbocycles. The number of ether oxygens (including phenoxy) is 2. The second-order valence-corrected chi connectivity index (χ2v) is 11.9. The van der Waals surface area contributed by atoms with Gasteiger partial charge >= 0.3 is 0 Å². The van der Waals surface area contributed by atoms with Gasteiger partial charge in [0.25, 0.3) is 0 Å². The van der Waals surface area contributed by atoms with E-state index in [1.54, 1.807) is 20.0 Å². The van der Waals surface area contributed by atoms with Gasteiger partial charge in [-0.15, -0.1) is 0 Å². The summed E-state index contributed by atoms with van der Waals surface area (Å²) in [6.45, 7) is 6.35. The van der Waals surface area contributed by atoms with Crippen molar-refractivity contribution >= 4 is 26.7 Å². The minimum atomic E-state index is -3.78. The Labute approximate surface area is 193 Å². The third kappa shape index (κ3) is 3.81. The number of para-hydroxylation sites is 2. The molecule has 2 aliphatic rings. The van der Waals surface area contributed by atoms with Gasteiger partial charge in [-0.25, -0.2) is 8.42 Å². The van der Waals surface area contributed by atoms with Gasteiger partial charge in [-0.3, -0.25) is 4.79 Å². The van der Waals surface area contributed by atoms with Crippen LogP contribution in [-0.4, -0.2) is 49.8 Å². The number of Topliss-reactive ketones (excluding diaryl/α,β-unsaturated/α-hetero) is 1. The predicted molar refractivity (Wildman–Crippen MR) is 126 cm³/mol. The molecule has 3 aromatic rings. The Morgan fingerprint density at radius 2 is 1.88 bits per heavy atom. The van der Waals surface area contributed by atoms with Gasteiger partial charge in [-0.2, -0.15) is 4.31 Å². The minimum absolute atomic E-state index is 0.106. The lowest BCUT2D eigenvalue weighted by Crippen LogP contribution is -2.41. The second kappa shape index (κ2) is 7.60. The highest BCUT2D eigenvalue weighted by molar-refractivity contribution is 7.89. The van der Waals surface area contributed by atoms with Crippen molar-refractivity contribution in [1.82, 2.24) is 9.29 Å². The fourth-order valence-electron chi connectivity index (χ4n) is 4.88. The summed E-state index contributed by atoms with van der Waals surface area (Å²) in [5.74, 6) is 1.38. The minimum Gasteiger partial charge on any atom is -0.486 e. The molecule has 1 N–H and O–H groups in total. The lowest BCUT2D eigenvalue weighted by atomic mass is 9.76. The van der Waals surface area contributed by atoms with Crippen molar-refractivity contribution in [2.45, 2.75) is 44.6 Å². The smallest absolute Gasteiger partial charge is 0.243 e. The van der Waals surface area contributed by atoms with E-state index in [-0.39, 0.29) is 29.2 Å². The maximum Gasteiger partial charge on any atom is 0.243 e. The molecule has 33 heavy (non-hydrogen) atoms. The van der Waals surface area contributed by atoms with Crippen LogP contribution in [0.2, 0.25) is 0 Å². The summed E-state index contributed by atoms with van der Waals surface area (Å²) in [6.07, 6.45) is 0.826. The van der Waals surface area contributed by atoms with Crippen LogP contribution in [-0.2, 0) is 16.4 Å². The van der Waals surface area contributed by atoms with Gasteiger partial charge in [-0.05, 0) is 48.6 Å². The van der Waals surface area contributed by atoms with Crippen molar-refractivity contribution in [2.24, 2.45) is 5.41 Å². The Bertz CT molecular complexity index is 1370. The summed E-state index contributed by atoms with van der Waals surface area (Å²) >= 11 is 0. The number of carbonyl (C=O) groups is 1. The van der Waals surface area contributed by atoms with Crippen LogP contribution in [0.3, 0.4) is 0 Å². The third-order valence-corrected chi connectivity index (χ3v) is 8.43. The number of nitrogens with zero attached hydrogens (tertiary/aromatic N) is 1. The van der Waals surface area contributed by atoms with Crippen molar-refractivity contribution in [2.75, 3.05) is 20.2 Å². The normalized spacial score (nSPS) is 19.7. The number of sulfonamides is 1. The zero-order valence-corrected chi connectivity index (χ0v) is 20.1. The maximum absolute atomic E-state index is 13.5. The zero-order chi connectivity index (χ0) is 23.5. The summed E-state index contributed by atoms with van der Waals surface area (Å²) in [5.41, 5.74) is 2.77. The number of aromatic amines is 1. The highest BCUT2D eigenvalue weighted by atomic mass is 32.2. The quantitative estimate of drug-likeness (QED) is 0.623. The van der Waals surface area contributed by atoms with Crippen molar-refractivity contribution < 1.29 is 22.7 Å². The molecular weight excluding hydrogens is 440 g/mol. The van der Waals surface area contributed by atoms with E-state index in [1.165, 1.54) is 4.31 Å². The van der Waals surface area contributed by atoms with Crippen molar-refractivity contribution in [1.29, 1.82) is 0 Å². The SMILES string of the molecule is Cc1cc2c3c([nH]c2cc1S(=O)(=O)N(C)C[C@H]1COc2ccccc2O1)CC(C)(C)CC3=O. The summed E-state index contributed by atoms with van der Waals surface area (Å²) in [6, 6.07) is 10.8. The standard InChI is InChI=1S/C25H28N2O5S/c1-15-9-17-18(26-19-11-25(2,3)12-20(28)24(17)19)10-23(15)33(29,30)27(4)13-16-14-31-21-7-5-6-8-22(21)32-16/h5-10,16,26H,11-14H2,1-4H3/t16-/m0/s1. The van der Waals surface area contributed by atoms with E-state index in [0.717, 1.165) is 17.5 Å². The largest absolute Gasteiger partial charge is 0.486 e. The van der Waals surface area contributed by atoms with Crippen LogP contribution in [0.1, 0.15) is 41.9 Å². The topological polar surface area (TPSA) is 88.7 Å². The number of carbonyl (C=O) groups excluding carboxylic acids is 1. The highest BCUT2D eigenvalue weighted by Gasteiger charge is 2.35. The first-order valence-corrected chi connectivity index (χ1v) is 12.5. The Balaban J connectivity index is 1.44. The van der Waals surface area contributed by atoms with E-state index in [4.69, 9.17) is 9.47 Å². The molecule has 7 nitrogen and oxygen atoms in total. The molecule has 0 bridgehead atoms. The number of aromatic nitrogens is 1. The van der Waals surface area contributed by atoms with Gasteiger partial charge in [-0.1, -0.05) is 26.0 Å². The van der Waals surface area contributed by atoms with Gasteiger partial charge in [0.05, 0.1) is 11.4 Å². The number of likely N-dealkylation sites (N-methyl/N-ethyl adjacent to an activating group) is 1. The van der Waals surface area contributed by atoms with Crippen LogP contribution in [0.5, 0.6) is 11.5 Å². The number of hydrogen-bond acceptors (Lipinski definition) is 5. The first-order valence-electron chi connectivity index (χ1n) is 11.1. The van der Waals surface area contributed by atoms with Crippen LogP contribution in [0.4, 0.5) is 0 Å². The second-order valence-electron chi connectivity index (χ2n) is 9.87. The first-order chi connectivity index (χ1) is 15.5. The fraction of sp³-hybridized carbons (Fsp3) is 0.400. The Kier molecular flexibility index (Phi) is 5.06. The fourth-order valence-corrected chi connectivity index (χ4v) is 6.32. The molecule has 2 aromatic carbocycles. The van der Waals surface area contributed by atoms with Gasteiger partial charge < -0.3 is 14.5 Å². The van der Waals surface area contributed by atoms with Gasteiger partial charge in [0.1, 0.15) is 12.7 Å². The number of H-pyrrole nitrogens is 1. The van der Waals surface area contributed by atoms with Crippen LogP contribution < -0.4 is 9.47 Å². The van der Waals surface area contributed by atoms with E-state index in [1.807, 2.05) is 30.3 Å². The Morgan fingerprint density at radius 1 is 1.15 bits per heavy atom. The molecule has 0 unspecified atom stereocenters. The monoisotopic (exact) mass is 468 g/mol. The van der Waals surface area contributed by atoms with Gasteiger partial charge in [0.15, 0.2) is 17.3 Å². The Hall–Kier alpha value is -2.84. The van der Waals surface area contributed by atoms with E-state index in [0.29, 0.717) is 34.6 Å². The summed E-state index contributed by atoms with van der Waals surface area (Å²) in [7, 11) is -2.23. The van der Waals surface area contributed by atoms with Crippen LogP contribution in [0.25, 0.3) is 10.9 Å². The maximum atomic E-state index is 13.5. The molecule has 174 valence electrons. The van der Waals surface area contributed by atoms with Crippen molar-refractivity contribution in [3.63, 3.8) is 0 Å². The molecule has 0 radical (unpaired) electrons. The Morgan fingerprint density at radius 3 is 2.64 bits per heavy atom. The number of aryl methyl sites for hydroxylation is 1. The number of hydrogen-bond donors (Lipinski definition) is 1. The molecule has 0 amide bonds. The summed E-state index contributed by atoms with van der Waals surface area (Å²) < 4.78 is 39.9. The number of nitrogens with one attached hydrogen (secondary N) is 1. The molecule has 0 saturated carbocycles. The van der Waals surface area contributed by atoms with Crippen LogP contribution in [0, 0.1) is 12.3 Å². The lowest BCUT2D eigenvalue weighted by molar-refractivity contribution is 0.0798. The molecule has 1 aromatic heterocycles. The number of rotatable bonds is 4. The average molecular weight is 469 g/mol. The van der Waals surface area contributed by atoms with Crippen molar-refractivity contribution in [3.8, 4) is 11.5 Å². The first kappa shape index (κ1) is 22.0. The van der Waals surface area contributed by atoms with Crippen LogP contribution in [0.15, 0.2) is 41.3 Å². The molecule has 0 saturated heterocycles. The third-order valence-electron chi connectivity index (χ3n) is 6.46. The van der Waals surface area contributed by atoms with Crippen molar-refractivity contribution in [3.05, 3.63) is 53.2 Å². The molecule has 0 spiro atoms. The van der Waals surface area contributed by atoms with E-state index in [2.05, 4.69) is 18.8 Å². The summed E-state index contributed by atoms with van der Waals surface area (Å²) in [4.78, 5) is 16.4. The number of benzene rings is 2. The number of ketones is 1. The average Bonchev–Trinajstić information content (AvgIpc) is 3.08. The lowest BCUT2D eigenvalue weighted by Gasteiger charge is -2.29. The summed E-state index contributed by atoms with van der Waals surface area (Å²) in [5, 5.41) is 0.797. The van der Waals surface area contributed by atoms with Gasteiger partial charge in [0, 0.05) is 35.6 Å².